The summed E-state index contributed by atoms with van der Waals surface area (Å²) in [5, 5.41) is 2.82. The lowest BCUT2D eigenvalue weighted by Gasteiger charge is -2.08. The third kappa shape index (κ3) is 3.42. The van der Waals surface area contributed by atoms with Gasteiger partial charge < -0.3 is 5.32 Å². The summed E-state index contributed by atoms with van der Waals surface area (Å²) in [6.45, 7) is 2.80. The molecule has 0 saturated heterocycles. The Hall–Kier alpha value is -2.43. The number of hydrogen-bond acceptors (Lipinski definition) is 3. The Balaban J connectivity index is 1.55. The third-order valence-electron chi connectivity index (χ3n) is 3.85. The van der Waals surface area contributed by atoms with Crippen LogP contribution in [-0.2, 0) is 6.54 Å². The van der Waals surface area contributed by atoms with Crippen molar-refractivity contribution in [2.24, 2.45) is 0 Å². The van der Waals surface area contributed by atoms with Crippen LogP contribution in [-0.4, -0.2) is 22.0 Å². The van der Waals surface area contributed by atoms with Gasteiger partial charge in [0, 0.05) is 30.6 Å². The number of carbonyl (C=O) groups excluding carboxylic acids is 1. The minimum atomic E-state index is -0.129. The highest BCUT2D eigenvalue weighted by Gasteiger charge is 2.25. The zero-order valence-electron chi connectivity index (χ0n) is 12.6. The average Bonchev–Trinajstić information content (AvgIpc) is 3.34. The van der Waals surface area contributed by atoms with Gasteiger partial charge in [-0.3, -0.25) is 14.2 Å². The fourth-order valence-electron chi connectivity index (χ4n) is 2.31. The second-order valence-electron chi connectivity index (χ2n) is 5.74. The number of aryl methyl sites for hydroxylation is 1. The smallest absolute Gasteiger partial charge is 0.253 e. The van der Waals surface area contributed by atoms with Crippen LogP contribution in [0.2, 0.25) is 0 Å². The van der Waals surface area contributed by atoms with Gasteiger partial charge in [0.25, 0.3) is 11.5 Å². The lowest BCUT2D eigenvalue weighted by molar-refractivity contribution is 0.0952. The molecule has 1 heterocycles. The topological polar surface area (TPSA) is 64.0 Å². The maximum atomic E-state index is 12.0. The molecule has 1 aliphatic rings. The van der Waals surface area contributed by atoms with Gasteiger partial charge in [-0.25, -0.2) is 4.98 Å². The van der Waals surface area contributed by atoms with Crippen molar-refractivity contribution >= 4 is 5.91 Å². The molecule has 2 aromatic rings. The van der Waals surface area contributed by atoms with Gasteiger partial charge in [-0.05, 0) is 31.9 Å². The molecule has 1 amide bonds. The van der Waals surface area contributed by atoms with Gasteiger partial charge in [0.15, 0.2) is 0 Å². The second-order valence-corrected chi connectivity index (χ2v) is 5.74. The molecule has 1 fully saturated rings. The molecule has 114 valence electrons. The highest BCUT2D eigenvalue weighted by Crippen LogP contribution is 2.38. The summed E-state index contributed by atoms with van der Waals surface area (Å²) in [6, 6.07) is 9.00. The van der Waals surface area contributed by atoms with E-state index in [4.69, 9.17) is 0 Å². The van der Waals surface area contributed by atoms with Crippen molar-refractivity contribution in [1.29, 1.82) is 0 Å². The van der Waals surface area contributed by atoms with Gasteiger partial charge in [-0.15, -0.1) is 0 Å². The Kier molecular flexibility index (Phi) is 4.04. The molecule has 0 spiro atoms. The van der Waals surface area contributed by atoms with Crippen LogP contribution in [0, 0.1) is 6.92 Å². The first kappa shape index (κ1) is 14.5. The maximum Gasteiger partial charge on any atom is 0.253 e. The van der Waals surface area contributed by atoms with E-state index in [1.54, 1.807) is 24.5 Å². The first-order valence-corrected chi connectivity index (χ1v) is 7.55. The van der Waals surface area contributed by atoms with Crippen molar-refractivity contribution in [3.63, 3.8) is 0 Å². The molecule has 1 aromatic carbocycles. The van der Waals surface area contributed by atoms with Gasteiger partial charge in [0.2, 0.25) is 0 Å². The molecule has 5 nitrogen and oxygen atoms in total. The lowest BCUT2D eigenvalue weighted by Crippen LogP contribution is -2.31. The van der Waals surface area contributed by atoms with E-state index >= 15 is 0 Å². The zero-order chi connectivity index (χ0) is 15.5. The fraction of sp³-hybridized carbons (Fsp3) is 0.353. The van der Waals surface area contributed by atoms with Crippen LogP contribution in [0.25, 0.3) is 0 Å². The Morgan fingerprint density at radius 1 is 1.32 bits per heavy atom. The molecule has 0 aliphatic heterocycles. The maximum absolute atomic E-state index is 12.0. The monoisotopic (exact) mass is 297 g/mol. The molecule has 1 N–H and O–H groups in total. The van der Waals surface area contributed by atoms with Crippen molar-refractivity contribution < 1.29 is 4.79 Å². The second kappa shape index (κ2) is 6.13. The number of amides is 1. The van der Waals surface area contributed by atoms with E-state index in [1.807, 2.05) is 19.1 Å². The van der Waals surface area contributed by atoms with Gasteiger partial charge >= 0.3 is 0 Å². The number of rotatable bonds is 5. The molecule has 0 bridgehead atoms. The number of nitrogens with one attached hydrogen (secondary N) is 1. The number of hydrogen-bond donors (Lipinski definition) is 1. The van der Waals surface area contributed by atoms with E-state index in [1.165, 1.54) is 4.57 Å². The van der Waals surface area contributed by atoms with Gasteiger partial charge in [0.05, 0.1) is 12.0 Å². The number of benzene rings is 1. The van der Waals surface area contributed by atoms with Crippen LogP contribution in [0.4, 0.5) is 0 Å². The summed E-state index contributed by atoms with van der Waals surface area (Å²) in [5.41, 5.74) is 2.58. The molecule has 1 saturated carbocycles. The predicted molar refractivity (Wildman–Crippen MR) is 84.0 cm³/mol. The van der Waals surface area contributed by atoms with E-state index in [0.717, 1.165) is 24.1 Å². The molecule has 0 atom stereocenters. The summed E-state index contributed by atoms with van der Waals surface area (Å²) < 4.78 is 1.53. The number of carbonyl (C=O) groups is 1. The van der Waals surface area contributed by atoms with Crippen LogP contribution in [0.15, 0.2) is 41.5 Å². The summed E-state index contributed by atoms with van der Waals surface area (Å²) in [4.78, 5) is 28.3. The van der Waals surface area contributed by atoms with E-state index in [2.05, 4.69) is 10.3 Å². The molecular weight excluding hydrogens is 278 g/mol. The molecule has 3 rings (SSSR count). The van der Waals surface area contributed by atoms with E-state index in [9.17, 15) is 9.59 Å². The van der Waals surface area contributed by atoms with Crippen molar-refractivity contribution in [1.82, 2.24) is 14.9 Å². The summed E-state index contributed by atoms with van der Waals surface area (Å²) in [7, 11) is 0. The van der Waals surface area contributed by atoms with Crippen LogP contribution in [0.3, 0.4) is 0 Å². The van der Waals surface area contributed by atoms with Crippen molar-refractivity contribution in [3.05, 3.63) is 63.8 Å². The number of nitrogens with zero attached hydrogens (tertiary/aromatic N) is 2. The molecule has 22 heavy (non-hydrogen) atoms. The fourth-order valence-corrected chi connectivity index (χ4v) is 2.31. The van der Waals surface area contributed by atoms with Crippen LogP contribution >= 0.6 is 0 Å². The van der Waals surface area contributed by atoms with Crippen molar-refractivity contribution in [3.8, 4) is 0 Å². The van der Waals surface area contributed by atoms with Gasteiger partial charge in [0.1, 0.15) is 0 Å². The Morgan fingerprint density at radius 2 is 2.05 bits per heavy atom. The Bertz CT molecular complexity index is 730. The molecule has 0 unspecified atom stereocenters. The Labute approximate surface area is 129 Å². The molecular formula is C17H19N3O2. The van der Waals surface area contributed by atoms with Crippen molar-refractivity contribution in [2.45, 2.75) is 32.2 Å². The van der Waals surface area contributed by atoms with E-state index < -0.39 is 0 Å². The lowest BCUT2D eigenvalue weighted by atomic mass is 10.1. The highest BCUT2D eigenvalue weighted by atomic mass is 16.1. The zero-order valence-corrected chi connectivity index (χ0v) is 12.6. The van der Waals surface area contributed by atoms with Gasteiger partial charge in [-0.1, -0.05) is 17.7 Å². The SMILES string of the molecule is Cc1ccc(C(=O)NCCn2cnc(C3CC3)cc2=O)cc1. The first-order valence-electron chi connectivity index (χ1n) is 7.55. The molecule has 5 heteroatoms. The first-order chi connectivity index (χ1) is 10.6. The Morgan fingerprint density at radius 3 is 2.68 bits per heavy atom. The van der Waals surface area contributed by atoms with Crippen LogP contribution in [0.5, 0.6) is 0 Å². The normalized spacial score (nSPS) is 13.9. The standard InChI is InChI=1S/C17H19N3O2/c1-12-2-4-14(5-3-12)17(22)18-8-9-20-11-19-15(10-16(20)21)13-6-7-13/h2-5,10-11,13H,6-9H2,1H3,(H,18,22). The summed E-state index contributed by atoms with van der Waals surface area (Å²) >= 11 is 0. The summed E-state index contributed by atoms with van der Waals surface area (Å²) in [6.07, 6.45) is 3.83. The predicted octanol–water partition coefficient (Wildman–Crippen LogP) is 1.86. The van der Waals surface area contributed by atoms with Crippen LogP contribution < -0.4 is 10.9 Å². The summed E-state index contributed by atoms with van der Waals surface area (Å²) in [5.74, 6) is 0.346. The minimum absolute atomic E-state index is 0.0542. The largest absolute Gasteiger partial charge is 0.350 e. The van der Waals surface area contributed by atoms with Crippen molar-refractivity contribution in [2.75, 3.05) is 6.54 Å². The molecule has 1 aromatic heterocycles. The van der Waals surface area contributed by atoms with E-state index in [0.29, 0.717) is 24.6 Å². The average molecular weight is 297 g/mol. The minimum Gasteiger partial charge on any atom is -0.350 e. The van der Waals surface area contributed by atoms with E-state index in [-0.39, 0.29) is 11.5 Å². The quantitative estimate of drug-likeness (QED) is 0.916. The van der Waals surface area contributed by atoms with Crippen LogP contribution in [0.1, 0.15) is 40.4 Å². The molecule has 1 aliphatic carbocycles. The van der Waals surface area contributed by atoms with Gasteiger partial charge in [-0.2, -0.15) is 0 Å². The number of aromatic nitrogens is 2. The highest BCUT2D eigenvalue weighted by molar-refractivity contribution is 5.94. The third-order valence-corrected chi connectivity index (χ3v) is 3.85. The molecule has 0 radical (unpaired) electrons.